The second-order valence-corrected chi connectivity index (χ2v) is 6.81. The molecule has 1 fully saturated rings. The van der Waals surface area contributed by atoms with Gasteiger partial charge in [0, 0.05) is 45.8 Å². The molecule has 1 atom stereocenters. The van der Waals surface area contributed by atoms with Crippen LogP contribution < -0.4 is 10.6 Å². The van der Waals surface area contributed by atoms with Crippen LogP contribution in [-0.2, 0) is 6.42 Å². The first-order valence-corrected chi connectivity index (χ1v) is 8.96. The number of benzene rings is 1. The summed E-state index contributed by atoms with van der Waals surface area (Å²) in [6.07, 6.45) is 3.36. The monoisotopic (exact) mass is 473 g/mol. The summed E-state index contributed by atoms with van der Waals surface area (Å²) < 4.78 is 0. The molecule has 146 valence electrons. The number of hydrogen-bond donors (Lipinski definition) is 2. The number of guanidine groups is 1. The van der Waals surface area contributed by atoms with E-state index in [0.717, 1.165) is 36.6 Å². The molecule has 1 amide bonds. The van der Waals surface area contributed by atoms with Gasteiger partial charge < -0.3 is 20.4 Å². The second-order valence-electron chi connectivity index (χ2n) is 6.81. The first-order chi connectivity index (χ1) is 12.0. The van der Waals surface area contributed by atoms with Crippen molar-refractivity contribution in [2.45, 2.75) is 25.3 Å². The number of nitrogens with zero attached hydrogens (tertiary/aromatic N) is 3. The fourth-order valence-corrected chi connectivity index (χ4v) is 3.12. The Bertz CT molecular complexity index is 605. The first kappa shape index (κ1) is 22.7. The van der Waals surface area contributed by atoms with Crippen LogP contribution in [0, 0.1) is 0 Å². The van der Waals surface area contributed by atoms with Crippen molar-refractivity contribution in [3.8, 4) is 0 Å². The number of likely N-dealkylation sites (N-methyl/N-ethyl adjacent to an activating group) is 1. The zero-order valence-electron chi connectivity index (χ0n) is 16.3. The van der Waals surface area contributed by atoms with Crippen molar-refractivity contribution in [3.63, 3.8) is 0 Å². The van der Waals surface area contributed by atoms with Crippen molar-refractivity contribution in [1.29, 1.82) is 0 Å². The number of likely N-dealkylation sites (tertiary alicyclic amines) is 1. The lowest BCUT2D eigenvalue weighted by atomic mass is 10.1. The van der Waals surface area contributed by atoms with Crippen LogP contribution in [-0.4, -0.2) is 75.5 Å². The molecule has 1 aliphatic heterocycles. The van der Waals surface area contributed by atoms with E-state index in [2.05, 4.69) is 33.6 Å². The Morgan fingerprint density at radius 3 is 2.73 bits per heavy atom. The van der Waals surface area contributed by atoms with Crippen LogP contribution in [0.15, 0.2) is 29.3 Å². The van der Waals surface area contributed by atoms with Crippen molar-refractivity contribution in [1.82, 2.24) is 20.4 Å². The number of nitrogens with one attached hydrogen (secondary N) is 2. The Kier molecular flexibility index (Phi) is 9.93. The third kappa shape index (κ3) is 6.75. The fourth-order valence-electron chi connectivity index (χ4n) is 3.12. The summed E-state index contributed by atoms with van der Waals surface area (Å²) in [5.74, 6) is 0.869. The molecule has 26 heavy (non-hydrogen) atoms. The standard InChI is InChI=1S/C19H31N5O.HI/c1-20-19(22-14-17-9-6-12-24(17)4)21-11-10-15-7-5-8-16(13-15)18(25)23(2)3;/h5,7-8,13,17H,6,9-12,14H2,1-4H3,(H2,20,21,22);1H. The maximum absolute atomic E-state index is 12.0. The maximum Gasteiger partial charge on any atom is 0.253 e. The maximum atomic E-state index is 12.0. The topological polar surface area (TPSA) is 60.0 Å². The second kappa shape index (κ2) is 11.4. The summed E-state index contributed by atoms with van der Waals surface area (Å²) in [5, 5.41) is 6.76. The Morgan fingerprint density at radius 2 is 2.12 bits per heavy atom. The van der Waals surface area contributed by atoms with Gasteiger partial charge in [-0.3, -0.25) is 9.79 Å². The van der Waals surface area contributed by atoms with Crippen molar-refractivity contribution < 1.29 is 4.79 Å². The molecule has 1 heterocycles. The van der Waals surface area contributed by atoms with Crippen LogP contribution in [0.2, 0.25) is 0 Å². The lowest BCUT2D eigenvalue weighted by molar-refractivity contribution is 0.0827. The summed E-state index contributed by atoms with van der Waals surface area (Å²) in [6, 6.07) is 8.41. The molecule has 1 unspecified atom stereocenters. The van der Waals surface area contributed by atoms with Crippen LogP contribution >= 0.6 is 24.0 Å². The number of carbonyl (C=O) groups excluding carboxylic acids is 1. The minimum absolute atomic E-state index is 0. The molecular weight excluding hydrogens is 441 g/mol. The summed E-state index contributed by atoms with van der Waals surface area (Å²) >= 11 is 0. The van der Waals surface area contributed by atoms with Gasteiger partial charge in [0.25, 0.3) is 5.91 Å². The van der Waals surface area contributed by atoms with Crippen LogP contribution in [0.5, 0.6) is 0 Å². The SMILES string of the molecule is CN=C(NCCc1cccc(C(=O)N(C)C)c1)NCC1CCCN1C.I. The van der Waals surface area contributed by atoms with Gasteiger partial charge in [-0.25, -0.2) is 0 Å². The van der Waals surface area contributed by atoms with E-state index in [0.29, 0.717) is 6.04 Å². The largest absolute Gasteiger partial charge is 0.356 e. The molecule has 0 spiro atoms. The van der Waals surface area contributed by atoms with Crippen LogP contribution in [0.25, 0.3) is 0 Å². The van der Waals surface area contributed by atoms with E-state index in [1.54, 1.807) is 26.0 Å². The van der Waals surface area contributed by atoms with Gasteiger partial charge in [0.2, 0.25) is 0 Å². The molecule has 2 rings (SSSR count). The Hall–Kier alpha value is -1.35. The predicted octanol–water partition coefficient (Wildman–Crippen LogP) is 1.81. The highest BCUT2D eigenvalue weighted by Gasteiger charge is 2.20. The Morgan fingerprint density at radius 1 is 1.35 bits per heavy atom. The number of aliphatic imine (C=N–C) groups is 1. The van der Waals surface area contributed by atoms with E-state index in [1.165, 1.54) is 19.4 Å². The van der Waals surface area contributed by atoms with E-state index in [4.69, 9.17) is 0 Å². The molecule has 6 nitrogen and oxygen atoms in total. The number of hydrogen-bond acceptors (Lipinski definition) is 3. The van der Waals surface area contributed by atoms with Gasteiger partial charge in [-0.2, -0.15) is 0 Å². The molecule has 0 radical (unpaired) electrons. The molecule has 0 aliphatic carbocycles. The van der Waals surface area contributed by atoms with Crippen LogP contribution in [0.3, 0.4) is 0 Å². The average Bonchev–Trinajstić information content (AvgIpc) is 3.02. The molecule has 0 bridgehead atoms. The molecule has 0 aromatic heterocycles. The van der Waals surface area contributed by atoms with E-state index >= 15 is 0 Å². The lowest BCUT2D eigenvalue weighted by Crippen LogP contribution is -2.44. The smallest absolute Gasteiger partial charge is 0.253 e. The molecular formula is C19H32IN5O. The normalized spacial score (nSPS) is 17.5. The van der Waals surface area contributed by atoms with E-state index < -0.39 is 0 Å². The molecule has 7 heteroatoms. The predicted molar refractivity (Wildman–Crippen MR) is 119 cm³/mol. The van der Waals surface area contributed by atoms with Gasteiger partial charge in [-0.15, -0.1) is 24.0 Å². The van der Waals surface area contributed by atoms with E-state index in [-0.39, 0.29) is 29.9 Å². The lowest BCUT2D eigenvalue weighted by Gasteiger charge is -2.21. The van der Waals surface area contributed by atoms with Gasteiger partial charge in [0.15, 0.2) is 5.96 Å². The summed E-state index contributed by atoms with van der Waals surface area (Å²) in [4.78, 5) is 20.3. The molecule has 2 N–H and O–H groups in total. The van der Waals surface area contributed by atoms with Gasteiger partial charge in [0.05, 0.1) is 0 Å². The van der Waals surface area contributed by atoms with Crippen molar-refractivity contribution >= 4 is 35.8 Å². The first-order valence-electron chi connectivity index (χ1n) is 8.96. The molecule has 1 aliphatic rings. The quantitative estimate of drug-likeness (QED) is 0.376. The van der Waals surface area contributed by atoms with Crippen LogP contribution in [0.1, 0.15) is 28.8 Å². The molecule has 1 saturated heterocycles. The molecule has 1 aromatic rings. The summed E-state index contributed by atoms with van der Waals surface area (Å²) in [6.45, 7) is 2.88. The Labute approximate surface area is 174 Å². The van der Waals surface area contributed by atoms with Gasteiger partial charge >= 0.3 is 0 Å². The highest BCUT2D eigenvalue weighted by molar-refractivity contribution is 14.0. The average molecular weight is 473 g/mol. The molecule has 1 aromatic carbocycles. The van der Waals surface area contributed by atoms with Crippen molar-refractivity contribution in [2.75, 3.05) is 47.8 Å². The fraction of sp³-hybridized carbons (Fsp3) is 0.579. The minimum Gasteiger partial charge on any atom is -0.356 e. The van der Waals surface area contributed by atoms with Crippen LogP contribution in [0.4, 0.5) is 0 Å². The Balaban J connectivity index is 0.00000338. The summed E-state index contributed by atoms with van der Waals surface area (Å²) in [5.41, 5.74) is 1.88. The number of halogens is 1. The van der Waals surface area contributed by atoms with Gasteiger partial charge in [-0.05, 0) is 50.6 Å². The minimum atomic E-state index is 0. The van der Waals surface area contributed by atoms with E-state index in [9.17, 15) is 4.79 Å². The van der Waals surface area contributed by atoms with Crippen molar-refractivity contribution in [3.05, 3.63) is 35.4 Å². The van der Waals surface area contributed by atoms with E-state index in [1.807, 2.05) is 18.2 Å². The van der Waals surface area contributed by atoms with Gasteiger partial charge in [0.1, 0.15) is 0 Å². The van der Waals surface area contributed by atoms with Gasteiger partial charge in [-0.1, -0.05) is 12.1 Å². The zero-order chi connectivity index (χ0) is 18.2. The number of rotatable bonds is 6. The van der Waals surface area contributed by atoms with Crippen molar-refractivity contribution in [2.24, 2.45) is 4.99 Å². The zero-order valence-corrected chi connectivity index (χ0v) is 18.6. The summed E-state index contributed by atoms with van der Waals surface area (Å²) in [7, 11) is 7.52. The molecule has 0 saturated carbocycles. The third-order valence-corrected chi connectivity index (χ3v) is 4.69. The highest BCUT2D eigenvalue weighted by atomic mass is 127. The highest BCUT2D eigenvalue weighted by Crippen LogP contribution is 2.13. The number of carbonyl (C=O) groups is 1. The third-order valence-electron chi connectivity index (χ3n) is 4.69. The number of amides is 1.